The Labute approximate surface area is 138 Å². The van der Waals surface area contributed by atoms with Gasteiger partial charge in [-0.1, -0.05) is 31.2 Å². The van der Waals surface area contributed by atoms with E-state index in [1.807, 2.05) is 19.1 Å². The third-order valence-electron chi connectivity index (χ3n) is 4.90. The largest absolute Gasteiger partial charge is 0.508 e. The third-order valence-corrected chi connectivity index (χ3v) is 4.90. The Morgan fingerprint density at radius 1 is 1.04 bits per heavy atom. The Hall–Kier alpha value is -2.22. The Morgan fingerprint density at radius 2 is 1.83 bits per heavy atom. The molecule has 2 aromatic rings. The van der Waals surface area contributed by atoms with Gasteiger partial charge in [0.2, 0.25) is 0 Å². The zero-order chi connectivity index (χ0) is 16.4. The standard InChI is InChI=1S/C21H24O2/c1-3-15-12-19(8-10-21(15)23)17-6-4-5-16(13-17)18-7-9-20(22)14(2)11-18/h5,7-12,17,22-23H,3-4,6,13H2,1-2H3. The molecule has 0 aliphatic heterocycles. The fraction of sp³-hybridized carbons (Fsp3) is 0.333. The molecular formula is C21H24O2. The van der Waals surface area contributed by atoms with E-state index in [9.17, 15) is 10.2 Å². The first-order chi connectivity index (χ1) is 11.1. The van der Waals surface area contributed by atoms with Crippen LogP contribution in [0.1, 0.15) is 54.4 Å². The number of rotatable bonds is 3. The molecule has 0 bridgehead atoms. The highest BCUT2D eigenvalue weighted by Crippen LogP contribution is 2.39. The quantitative estimate of drug-likeness (QED) is 0.805. The average molecular weight is 308 g/mol. The fourth-order valence-electron chi connectivity index (χ4n) is 3.43. The predicted octanol–water partition coefficient (Wildman–Crippen LogP) is 5.32. The summed E-state index contributed by atoms with van der Waals surface area (Å²) in [5, 5.41) is 19.6. The molecule has 0 saturated carbocycles. The predicted molar refractivity (Wildman–Crippen MR) is 94.9 cm³/mol. The highest BCUT2D eigenvalue weighted by molar-refractivity contribution is 5.68. The molecule has 2 aromatic carbocycles. The number of aryl methyl sites for hydroxylation is 2. The van der Waals surface area contributed by atoms with E-state index < -0.39 is 0 Å². The minimum atomic E-state index is 0.354. The molecule has 2 N–H and O–H groups in total. The lowest BCUT2D eigenvalue weighted by molar-refractivity contribution is 0.468. The molecule has 1 aliphatic carbocycles. The molecule has 1 aliphatic rings. The van der Waals surface area contributed by atoms with Crippen LogP contribution >= 0.6 is 0 Å². The lowest BCUT2D eigenvalue weighted by atomic mass is 9.81. The normalized spacial score (nSPS) is 17.8. The molecule has 0 spiro atoms. The van der Waals surface area contributed by atoms with Gasteiger partial charge in [-0.3, -0.25) is 0 Å². The summed E-state index contributed by atoms with van der Waals surface area (Å²) >= 11 is 0. The number of hydrogen-bond acceptors (Lipinski definition) is 2. The van der Waals surface area contributed by atoms with Crippen LogP contribution in [0.2, 0.25) is 0 Å². The second-order valence-electron chi connectivity index (χ2n) is 6.45. The first-order valence-corrected chi connectivity index (χ1v) is 8.39. The van der Waals surface area contributed by atoms with Crippen LogP contribution in [0.4, 0.5) is 0 Å². The van der Waals surface area contributed by atoms with E-state index >= 15 is 0 Å². The number of phenols is 2. The summed E-state index contributed by atoms with van der Waals surface area (Å²) in [4.78, 5) is 0. The van der Waals surface area contributed by atoms with Gasteiger partial charge in [0.1, 0.15) is 11.5 Å². The van der Waals surface area contributed by atoms with Gasteiger partial charge in [-0.2, -0.15) is 0 Å². The molecule has 1 unspecified atom stereocenters. The van der Waals surface area contributed by atoms with Crippen molar-refractivity contribution in [3.05, 3.63) is 64.7 Å². The Kier molecular flexibility index (Phi) is 4.42. The van der Waals surface area contributed by atoms with E-state index in [0.29, 0.717) is 17.4 Å². The maximum absolute atomic E-state index is 9.88. The number of benzene rings is 2. The van der Waals surface area contributed by atoms with Gasteiger partial charge in [0.25, 0.3) is 0 Å². The highest BCUT2D eigenvalue weighted by Gasteiger charge is 2.19. The van der Waals surface area contributed by atoms with E-state index in [2.05, 4.69) is 31.2 Å². The van der Waals surface area contributed by atoms with E-state index in [-0.39, 0.29) is 0 Å². The van der Waals surface area contributed by atoms with Crippen molar-refractivity contribution in [1.82, 2.24) is 0 Å². The lowest BCUT2D eigenvalue weighted by Gasteiger charge is -2.24. The van der Waals surface area contributed by atoms with Crippen molar-refractivity contribution in [3.8, 4) is 11.5 Å². The summed E-state index contributed by atoms with van der Waals surface area (Å²) in [7, 11) is 0. The minimum absolute atomic E-state index is 0.354. The monoisotopic (exact) mass is 308 g/mol. The van der Waals surface area contributed by atoms with Gasteiger partial charge in [0.05, 0.1) is 0 Å². The SMILES string of the molecule is CCc1cc(C2CCC=C(c3ccc(O)c(C)c3)C2)ccc1O. The Balaban J connectivity index is 1.85. The topological polar surface area (TPSA) is 40.5 Å². The maximum Gasteiger partial charge on any atom is 0.118 e. The first-order valence-electron chi connectivity index (χ1n) is 8.39. The fourth-order valence-corrected chi connectivity index (χ4v) is 3.43. The van der Waals surface area contributed by atoms with Crippen LogP contribution in [0.5, 0.6) is 11.5 Å². The minimum Gasteiger partial charge on any atom is -0.508 e. The molecule has 0 saturated heterocycles. The Bertz CT molecular complexity index is 744. The first kappa shape index (κ1) is 15.7. The van der Waals surface area contributed by atoms with Crippen molar-refractivity contribution in [2.75, 3.05) is 0 Å². The van der Waals surface area contributed by atoms with Gasteiger partial charge in [0.15, 0.2) is 0 Å². The smallest absolute Gasteiger partial charge is 0.118 e. The van der Waals surface area contributed by atoms with Crippen LogP contribution in [-0.2, 0) is 6.42 Å². The van der Waals surface area contributed by atoms with Crippen molar-refractivity contribution < 1.29 is 10.2 Å². The summed E-state index contributed by atoms with van der Waals surface area (Å²) in [6.45, 7) is 4.01. The molecular weight excluding hydrogens is 284 g/mol. The van der Waals surface area contributed by atoms with Gasteiger partial charge in [-0.05, 0) is 84.6 Å². The molecule has 2 nitrogen and oxygen atoms in total. The van der Waals surface area contributed by atoms with Crippen LogP contribution < -0.4 is 0 Å². The summed E-state index contributed by atoms with van der Waals surface area (Å²) in [5.74, 6) is 1.25. The van der Waals surface area contributed by atoms with Crippen molar-refractivity contribution >= 4 is 5.57 Å². The molecule has 0 fully saturated rings. The maximum atomic E-state index is 9.88. The zero-order valence-corrected chi connectivity index (χ0v) is 13.8. The summed E-state index contributed by atoms with van der Waals surface area (Å²) in [5.41, 5.74) is 5.83. The van der Waals surface area contributed by atoms with Crippen LogP contribution in [0, 0.1) is 6.92 Å². The van der Waals surface area contributed by atoms with Crippen LogP contribution in [0.25, 0.3) is 5.57 Å². The molecule has 2 heteroatoms. The van der Waals surface area contributed by atoms with E-state index in [1.54, 1.807) is 6.07 Å². The number of phenolic OH excluding ortho intramolecular Hbond substituents is 2. The van der Waals surface area contributed by atoms with E-state index in [0.717, 1.165) is 36.8 Å². The molecule has 0 heterocycles. The van der Waals surface area contributed by atoms with Gasteiger partial charge in [-0.15, -0.1) is 0 Å². The summed E-state index contributed by atoms with van der Waals surface area (Å²) in [6, 6.07) is 11.9. The van der Waals surface area contributed by atoms with Crippen molar-refractivity contribution in [3.63, 3.8) is 0 Å². The zero-order valence-electron chi connectivity index (χ0n) is 13.8. The lowest BCUT2D eigenvalue weighted by Crippen LogP contribution is -2.05. The molecule has 23 heavy (non-hydrogen) atoms. The average Bonchev–Trinajstić information content (AvgIpc) is 2.58. The second kappa shape index (κ2) is 6.49. The molecule has 0 radical (unpaired) electrons. The van der Waals surface area contributed by atoms with Crippen LogP contribution in [0.3, 0.4) is 0 Å². The second-order valence-corrected chi connectivity index (χ2v) is 6.45. The van der Waals surface area contributed by atoms with Crippen molar-refractivity contribution in [2.45, 2.75) is 45.4 Å². The molecule has 0 aromatic heterocycles. The van der Waals surface area contributed by atoms with Crippen LogP contribution in [-0.4, -0.2) is 10.2 Å². The van der Waals surface area contributed by atoms with E-state index in [1.165, 1.54) is 16.7 Å². The molecule has 120 valence electrons. The van der Waals surface area contributed by atoms with Gasteiger partial charge in [-0.25, -0.2) is 0 Å². The highest BCUT2D eigenvalue weighted by atomic mass is 16.3. The number of aromatic hydroxyl groups is 2. The summed E-state index contributed by atoms with van der Waals surface area (Å²) in [6.07, 6.45) is 6.41. The van der Waals surface area contributed by atoms with Gasteiger partial charge in [0, 0.05) is 0 Å². The molecule has 0 amide bonds. The molecule has 1 atom stereocenters. The number of hydrogen-bond donors (Lipinski definition) is 2. The van der Waals surface area contributed by atoms with Crippen molar-refractivity contribution in [1.29, 1.82) is 0 Å². The molecule has 3 rings (SSSR count). The van der Waals surface area contributed by atoms with Gasteiger partial charge >= 0.3 is 0 Å². The van der Waals surface area contributed by atoms with Crippen molar-refractivity contribution in [2.24, 2.45) is 0 Å². The third kappa shape index (κ3) is 3.26. The van der Waals surface area contributed by atoms with E-state index in [4.69, 9.17) is 0 Å². The Morgan fingerprint density at radius 3 is 2.57 bits per heavy atom. The van der Waals surface area contributed by atoms with Crippen LogP contribution in [0.15, 0.2) is 42.5 Å². The number of allylic oxidation sites excluding steroid dienone is 2. The van der Waals surface area contributed by atoms with Gasteiger partial charge < -0.3 is 10.2 Å². The summed E-state index contributed by atoms with van der Waals surface area (Å²) < 4.78 is 0.